The van der Waals surface area contributed by atoms with Crippen molar-refractivity contribution >= 4 is 72.5 Å². The van der Waals surface area contributed by atoms with E-state index in [2.05, 4.69) is 37.2 Å². The minimum absolute atomic E-state index is 0.0155. The quantitative estimate of drug-likeness (QED) is 0.419. The molecule has 0 saturated heterocycles. The third-order valence-electron chi connectivity index (χ3n) is 6.88. The van der Waals surface area contributed by atoms with Crippen LogP contribution >= 0.6 is 43.5 Å². The summed E-state index contributed by atoms with van der Waals surface area (Å²) in [6.07, 6.45) is 0.619. The van der Waals surface area contributed by atoms with Crippen molar-refractivity contribution in [3.63, 3.8) is 0 Å². The van der Waals surface area contributed by atoms with Crippen LogP contribution in [-0.4, -0.2) is 24.8 Å². The minimum atomic E-state index is -1.77. The molecule has 0 fully saturated rings. The fraction of sp³-hybridized carbons (Fsp3) is 0.269. The highest BCUT2D eigenvalue weighted by molar-refractivity contribution is 9.10. The van der Waals surface area contributed by atoms with Gasteiger partial charge in [-0.3, -0.25) is 14.5 Å². The van der Waals surface area contributed by atoms with Crippen LogP contribution < -0.4 is 16.0 Å². The Labute approximate surface area is 229 Å². The summed E-state index contributed by atoms with van der Waals surface area (Å²) in [6, 6.07) is 10.5. The molecule has 186 valence electrons. The number of nitrogens with one attached hydrogen (secondary N) is 1. The van der Waals surface area contributed by atoms with Crippen LogP contribution in [0.1, 0.15) is 32.3 Å². The maximum absolute atomic E-state index is 14.0. The summed E-state index contributed by atoms with van der Waals surface area (Å²) >= 11 is 13.5. The fourth-order valence-corrected chi connectivity index (χ4v) is 6.67. The molecule has 36 heavy (non-hydrogen) atoms. The first-order valence-corrected chi connectivity index (χ1v) is 13.1. The number of ether oxygens (including phenoxy) is 1. The van der Waals surface area contributed by atoms with E-state index < -0.39 is 22.7 Å². The standard InChI is InChI=1S/C26H22Br2ClN3O4/c1-25(2)10-18-20(19(33)11-25)26(14-8-12(27)4-6-16(14)31-24(26)35)21(23(34)36-3)22(30)32(18)17-7-5-13(28)9-15(17)29/h4-9H,10-11,30H2,1-3H3,(H,31,35). The molecule has 5 rings (SSSR count). The highest BCUT2D eigenvalue weighted by Crippen LogP contribution is 2.58. The van der Waals surface area contributed by atoms with Crippen LogP contribution in [-0.2, 0) is 24.5 Å². The Morgan fingerprint density at radius 1 is 1.11 bits per heavy atom. The summed E-state index contributed by atoms with van der Waals surface area (Å²) in [5, 5.41) is 3.22. The van der Waals surface area contributed by atoms with Crippen molar-refractivity contribution in [2.45, 2.75) is 32.1 Å². The van der Waals surface area contributed by atoms with Gasteiger partial charge in [-0.15, -0.1) is 0 Å². The maximum Gasteiger partial charge on any atom is 0.339 e. The fourth-order valence-electron chi connectivity index (χ4n) is 5.55. The molecule has 1 atom stereocenters. The number of carbonyl (C=O) groups is 3. The number of esters is 1. The first-order chi connectivity index (χ1) is 16.9. The lowest BCUT2D eigenvalue weighted by Crippen LogP contribution is -2.54. The second-order valence-electron chi connectivity index (χ2n) is 9.84. The summed E-state index contributed by atoms with van der Waals surface area (Å²) in [5.41, 5.74) is 6.68. The lowest BCUT2D eigenvalue weighted by atomic mass is 9.60. The number of allylic oxidation sites excluding steroid dienone is 1. The highest BCUT2D eigenvalue weighted by atomic mass is 79.9. The van der Waals surface area contributed by atoms with E-state index in [0.717, 1.165) is 4.47 Å². The van der Waals surface area contributed by atoms with Crippen LogP contribution in [0.2, 0.25) is 5.02 Å². The Morgan fingerprint density at radius 3 is 2.44 bits per heavy atom. The first-order valence-electron chi connectivity index (χ1n) is 11.1. The third-order valence-corrected chi connectivity index (χ3v) is 8.17. The second kappa shape index (κ2) is 8.46. The molecule has 1 amide bonds. The van der Waals surface area contributed by atoms with Crippen LogP contribution in [0.25, 0.3) is 0 Å². The van der Waals surface area contributed by atoms with Gasteiger partial charge in [-0.2, -0.15) is 0 Å². The number of hydrogen-bond donors (Lipinski definition) is 2. The van der Waals surface area contributed by atoms with Gasteiger partial charge in [0.15, 0.2) is 5.78 Å². The third kappa shape index (κ3) is 3.47. The predicted molar refractivity (Wildman–Crippen MR) is 144 cm³/mol. The van der Waals surface area contributed by atoms with Gasteiger partial charge >= 0.3 is 5.97 Å². The molecular weight excluding hydrogens is 614 g/mol. The summed E-state index contributed by atoms with van der Waals surface area (Å²) in [7, 11) is 1.22. The number of ketones is 1. The van der Waals surface area contributed by atoms with Gasteiger partial charge in [-0.05, 0) is 48.2 Å². The molecule has 10 heteroatoms. The van der Waals surface area contributed by atoms with Gasteiger partial charge in [-0.25, -0.2) is 4.79 Å². The number of halogens is 3. The van der Waals surface area contributed by atoms with E-state index in [1.165, 1.54) is 7.11 Å². The first kappa shape index (κ1) is 25.0. The van der Waals surface area contributed by atoms with Gasteiger partial charge < -0.3 is 15.8 Å². The van der Waals surface area contributed by atoms with Gasteiger partial charge in [0, 0.05) is 37.9 Å². The van der Waals surface area contributed by atoms with Crippen molar-refractivity contribution in [2.24, 2.45) is 11.1 Å². The average molecular weight is 636 g/mol. The van der Waals surface area contributed by atoms with Crippen molar-refractivity contribution in [1.82, 2.24) is 0 Å². The number of hydrogen-bond acceptors (Lipinski definition) is 6. The molecule has 2 aromatic rings. The molecule has 2 aliphatic heterocycles. The molecule has 0 bridgehead atoms. The van der Waals surface area contributed by atoms with Gasteiger partial charge in [0.2, 0.25) is 5.91 Å². The summed E-state index contributed by atoms with van der Waals surface area (Å²) < 4.78 is 6.60. The van der Waals surface area contributed by atoms with Crippen LogP contribution in [0.3, 0.4) is 0 Å². The van der Waals surface area contributed by atoms with Crippen LogP contribution in [0.4, 0.5) is 11.4 Å². The summed E-state index contributed by atoms with van der Waals surface area (Å²) in [5.74, 6) is -1.59. The lowest BCUT2D eigenvalue weighted by Gasteiger charge is -2.47. The Morgan fingerprint density at radius 2 is 1.78 bits per heavy atom. The van der Waals surface area contributed by atoms with Gasteiger partial charge in [0.05, 0.1) is 17.8 Å². The normalized spacial score (nSPS) is 22.6. The van der Waals surface area contributed by atoms with E-state index in [1.54, 1.807) is 41.3 Å². The molecule has 3 N–H and O–H groups in total. The molecule has 7 nitrogen and oxygen atoms in total. The van der Waals surface area contributed by atoms with E-state index in [4.69, 9.17) is 22.1 Å². The van der Waals surface area contributed by atoms with Gasteiger partial charge in [0.25, 0.3) is 0 Å². The van der Waals surface area contributed by atoms with E-state index in [1.807, 2.05) is 13.8 Å². The monoisotopic (exact) mass is 633 g/mol. The van der Waals surface area contributed by atoms with Crippen molar-refractivity contribution < 1.29 is 19.1 Å². The number of Topliss-reactive ketones (excluding diaryl/α,β-unsaturated/α-hetero) is 1. The maximum atomic E-state index is 14.0. The Bertz CT molecular complexity index is 1450. The van der Waals surface area contributed by atoms with Crippen LogP contribution in [0.15, 0.2) is 68.0 Å². The lowest BCUT2D eigenvalue weighted by molar-refractivity contribution is -0.138. The molecule has 0 saturated carbocycles. The van der Waals surface area contributed by atoms with Crippen molar-refractivity contribution in [3.05, 3.63) is 78.6 Å². The number of anilines is 2. The number of nitrogens with two attached hydrogens (primary N) is 1. The molecule has 0 aromatic heterocycles. The SMILES string of the molecule is COC(=O)C1=C(N)N(c2ccc(Br)cc2Cl)C2=C(C(=O)CC(C)(C)C2)C12C(=O)Nc1ccc(Br)cc12. The number of fused-ring (bicyclic) bond motifs is 3. The smallest absolute Gasteiger partial charge is 0.339 e. The highest BCUT2D eigenvalue weighted by Gasteiger charge is 2.63. The largest absolute Gasteiger partial charge is 0.466 e. The Balaban J connectivity index is 1.95. The molecule has 3 aliphatic rings. The van der Waals surface area contributed by atoms with Crippen LogP contribution in [0.5, 0.6) is 0 Å². The summed E-state index contributed by atoms with van der Waals surface area (Å²) in [6.45, 7) is 3.97. The van der Waals surface area contributed by atoms with E-state index in [-0.39, 0.29) is 29.2 Å². The summed E-state index contributed by atoms with van der Waals surface area (Å²) in [4.78, 5) is 43.0. The Hall–Kier alpha value is -2.62. The average Bonchev–Trinajstić information content (AvgIpc) is 3.05. The molecule has 1 unspecified atom stereocenters. The number of benzene rings is 2. The number of amides is 1. The van der Waals surface area contributed by atoms with Gasteiger partial charge in [-0.1, -0.05) is 57.3 Å². The molecule has 2 heterocycles. The second-order valence-corrected chi connectivity index (χ2v) is 12.1. The molecular formula is C26H22Br2ClN3O4. The number of methoxy groups -OCH3 is 1. The Kier molecular flexibility index (Phi) is 5.89. The van der Waals surface area contributed by atoms with Gasteiger partial charge in [0.1, 0.15) is 16.8 Å². The van der Waals surface area contributed by atoms with Crippen LogP contribution in [0, 0.1) is 5.41 Å². The predicted octanol–water partition coefficient (Wildman–Crippen LogP) is 5.56. The topological polar surface area (TPSA) is 102 Å². The minimum Gasteiger partial charge on any atom is -0.466 e. The number of nitrogens with zero attached hydrogens (tertiary/aromatic N) is 1. The zero-order valence-corrected chi connectivity index (χ0v) is 23.6. The van der Waals surface area contributed by atoms with Crippen molar-refractivity contribution in [3.8, 4) is 0 Å². The van der Waals surface area contributed by atoms with E-state index >= 15 is 0 Å². The van der Waals surface area contributed by atoms with Crippen molar-refractivity contribution in [1.29, 1.82) is 0 Å². The molecule has 1 aliphatic carbocycles. The van der Waals surface area contributed by atoms with E-state index in [0.29, 0.717) is 38.6 Å². The molecule has 1 spiro atoms. The number of carbonyl (C=O) groups excluding carboxylic acids is 3. The number of rotatable bonds is 2. The zero-order chi connectivity index (χ0) is 26.2. The molecule has 0 radical (unpaired) electrons. The zero-order valence-electron chi connectivity index (χ0n) is 19.7. The van der Waals surface area contributed by atoms with E-state index in [9.17, 15) is 14.4 Å². The van der Waals surface area contributed by atoms with Crippen molar-refractivity contribution in [2.75, 3.05) is 17.3 Å². The molecule has 2 aromatic carbocycles.